The van der Waals surface area contributed by atoms with Crippen molar-refractivity contribution in [3.63, 3.8) is 0 Å². The molecule has 2 bridgehead atoms. The molecule has 0 spiro atoms. The minimum atomic E-state index is -0.275. The fraction of sp³-hybridized carbons (Fsp3) is 0.600. The van der Waals surface area contributed by atoms with Crippen molar-refractivity contribution in [3.05, 3.63) is 45.5 Å². The smallest absolute Gasteiger partial charge is 0.283 e. The van der Waals surface area contributed by atoms with Gasteiger partial charge in [-0.3, -0.25) is 14.6 Å². The largest absolute Gasteiger partial charge is 0.380 e. The third-order valence-corrected chi connectivity index (χ3v) is 9.39. The van der Waals surface area contributed by atoms with Gasteiger partial charge in [0.05, 0.1) is 11.9 Å². The van der Waals surface area contributed by atoms with Gasteiger partial charge in [0.15, 0.2) is 0 Å². The molecule has 182 valence electrons. The van der Waals surface area contributed by atoms with Crippen LogP contribution >= 0.6 is 15.9 Å². The molecule has 4 aliphatic rings. The van der Waals surface area contributed by atoms with Gasteiger partial charge < -0.3 is 15.1 Å². The average molecular weight is 529 g/mol. The van der Waals surface area contributed by atoms with E-state index < -0.39 is 0 Å². The van der Waals surface area contributed by atoms with E-state index in [-0.39, 0.29) is 18.0 Å². The van der Waals surface area contributed by atoms with Gasteiger partial charge in [0.1, 0.15) is 11.0 Å². The summed E-state index contributed by atoms with van der Waals surface area (Å²) in [5.41, 5.74) is 1.97. The van der Waals surface area contributed by atoms with Crippen LogP contribution in [0.3, 0.4) is 0 Å². The number of hydrogen-bond acceptors (Lipinski definition) is 6. The van der Waals surface area contributed by atoms with Crippen LogP contribution < -0.4 is 15.8 Å². The number of carbonyl (C=O) groups is 1. The van der Waals surface area contributed by atoms with E-state index in [1.165, 1.54) is 11.1 Å². The first-order valence-electron chi connectivity index (χ1n) is 12.2. The lowest BCUT2D eigenvalue weighted by Gasteiger charge is -2.62. The predicted molar refractivity (Wildman–Crippen MR) is 136 cm³/mol. The number of nitrogens with zero attached hydrogens (tertiary/aromatic N) is 5. The maximum atomic E-state index is 13.0. The van der Waals surface area contributed by atoms with Crippen LogP contribution in [0.2, 0.25) is 0 Å². The molecule has 2 aromatic heterocycles. The van der Waals surface area contributed by atoms with E-state index >= 15 is 0 Å². The molecule has 1 saturated heterocycles. The molecule has 4 fully saturated rings. The number of rotatable bonds is 5. The average Bonchev–Trinajstić information content (AvgIpc) is 2.85. The zero-order chi connectivity index (χ0) is 24.0. The van der Waals surface area contributed by atoms with E-state index in [9.17, 15) is 9.59 Å². The fourth-order valence-corrected chi connectivity index (χ4v) is 6.64. The summed E-state index contributed by atoms with van der Waals surface area (Å²) in [6, 6.07) is 4.29. The fourth-order valence-electron chi connectivity index (χ4n) is 6.22. The highest BCUT2D eigenvalue weighted by atomic mass is 79.9. The van der Waals surface area contributed by atoms with Crippen LogP contribution in [0.4, 0.5) is 11.4 Å². The SMILES string of the molecule is C[C@H]1[C@H](Nc2cnn(CC(=O)N3CCN(c4ccncc4)CC3)c(=O)c2Br)C[C@H]2C[C@@H]1C2(C)C. The molecule has 2 aromatic rings. The van der Waals surface area contributed by atoms with Crippen LogP contribution in [0.15, 0.2) is 40.0 Å². The first-order valence-corrected chi connectivity index (χ1v) is 13.0. The highest BCUT2D eigenvalue weighted by molar-refractivity contribution is 9.10. The van der Waals surface area contributed by atoms with Crippen molar-refractivity contribution in [2.45, 2.75) is 46.2 Å². The summed E-state index contributed by atoms with van der Waals surface area (Å²) in [7, 11) is 0. The van der Waals surface area contributed by atoms with Crippen LogP contribution in [0.1, 0.15) is 33.6 Å². The topological polar surface area (TPSA) is 83.4 Å². The lowest BCUT2D eigenvalue weighted by molar-refractivity contribution is -0.132. The lowest BCUT2D eigenvalue weighted by atomic mass is 9.45. The number of anilines is 2. The maximum absolute atomic E-state index is 13.0. The highest BCUT2D eigenvalue weighted by Gasteiger charge is 2.56. The molecule has 3 heterocycles. The molecular formula is C25H33BrN6O2. The van der Waals surface area contributed by atoms with E-state index in [0.717, 1.165) is 36.8 Å². The van der Waals surface area contributed by atoms with Crippen molar-refractivity contribution < 1.29 is 4.79 Å². The summed E-state index contributed by atoms with van der Waals surface area (Å²) in [6.45, 7) is 9.77. The molecule has 34 heavy (non-hydrogen) atoms. The predicted octanol–water partition coefficient (Wildman–Crippen LogP) is 3.23. The van der Waals surface area contributed by atoms with Crippen LogP contribution in [0, 0.1) is 23.2 Å². The Balaban J connectivity index is 1.20. The number of piperazine rings is 1. The second-order valence-electron chi connectivity index (χ2n) is 10.6. The zero-order valence-electron chi connectivity index (χ0n) is 20.1. The minimum absolute atomic E-state index is 0.0505. The third kappa shape index (κ3) is 4.12. The van der Waals surface area contributed by atoms with Gasteiger partial charge >= 0.3 is 0 Å². The van der Waals surface area contributed by atoms with Gasteiger partial charge in [0.25, 0.3) is 5.56 Å². The Kier molecular flexibility index (Phi) is 6.16. The molecular weight excluding hydrogens is 496 g/mol. The van der Waals surface area contributed by atoms with Crippen molar-refractivity contribution in [1.82, 2.24) is 19.7 Å². The standard InChI is InChI=1S/C25H33BrN6O2/c1-16-19-12-17(25(19,2)3)13-20(16)29-21-14-28-32(24(34)23(21)26)15-22(33)31-10-8-30(9-11-31)18-4-6-27-7-5-18/h4-7,14,16-17,19-20,29H,8-13,15H2,1-3H3/t16-,17-,19+,20-/m1/s1. The molecule has 6 rings (SSSR count). The molecule has 3 saturated carbocycles. The van der Waals surface area contributed by atoms with Crippen molar-refractivity contribution in [3.8, 4) is 0 Å². The Morgan fingerprint density at radius 2 is 1.88 bits per heavy atom. The van der Waals surface area contributed by atoms with Crippen LogP contribution in [-0.4, -0.2) is 57.8 Å². The van der Waals surface area contributed by atoms with E-state index in [4.69, 9.17) is 0 Å². The number of amides is 1. The molecule has 0 unspecified atom stereocenters. The number of nitrogens with one attached hydrogen (secondary N) is 1. The first kappa shape index (κ1) is 23.3. The van der Waals surface area contributed by atoms with Gasteiger partial charge in [0, 0.05) is 50.3 Å². The van der Waals surface area contributed by atoms with E-state index in [1.54, 1.807) is 18.6 Å². The summed E-state index contributed by atoms with van der Waals surface area (Å²) in [5, 5.41) is 7.91. The molecule has 8 nitrogen and oxygen atoms in total. The Morgan fingerprint density at radius 1 is 1.18 bits per heavy atom. The van der Waals surface area contributed by atoms with Gasteiger partial charge in [-0.25, -0.2) is 4.68 Å². The monoisotopic (exact) mass is 528 g/mol. The van der Waals surface area contributed by atoms with Crippen LogP contribution in [0.5, 0.6) is 0 Å². The quantitative estimate of drug-likeness (QED) is 0.641. The van der Waals surface area contributed by atoms with Gasteiger partial charge in [-0.05, 0) is 64.1 Å². The van der Waals surface area contributed by atoms with Crippen LogP contribution in [0.25, 0.3) is 0 Å². The van der Waals surface area contributed by atoms with Crippen LogP contribution in [-0.2, 0) is 11.3 Å². The summed E-state index contributed by atoms with van der Waals surface area (Å²) in [4.78, 5) is 34.0. The molecule has 4 atom stereocenters. The normalized spacial score (nSPS) is 27.8. The summed E-state index contributed by atoms with van der Waals surface area (Å²) >= 11 is 3.47. The second-order valence-corrected chi connectivity index (χ2v) is 11.4. The number of pyridine rings is 1. The summed E-state index contributed by atoms with van der Waals surface area (Å²) < 4.78 is 1.71. The van der Waals surface area contributed by atoms with E-state index in [2.05, 4.69) is 57.0 Å². The first-order chi connectivity index (χ1) is 16.3. The maximum Gasteiger partial charge on any atom is 0.283 e. The number of halogens is 1. The zero-order valence-corrected chi connectivity index (χ0v) is 21.7. The molecule has 1 aliphatic heterocycles. The minimum Gasteiger partial charge on any atom is -0.380 e. The number of fused-ring (bicyclic) bond motifs is 2. The van der Waals surface area contributed by atoms with E-state index in [0.29, 0.717) is 40.9 Å². The van der Waals surface area contributed by atoms with Crippen molar-refractivity contribution in [2.75, 3.05) is 36.4 Å². The lowest BCUT2D eigenvalue weighted by Crippen LogP contribution is -2.58. The van der Waals surface area contributed by atoms with Gasteiger partial charge in [0.2, 0.25) is 5.91 Å². The Bertz CT molecular complexity index is 1110. The Morgan fingerprint density at radius 3 is 2.53 bits per heavy atom. The molecule has 0 aromatic carbocycles. The van der Waals surface area contributed by atoms with Gasteiger partial charge in [-0.2, -0.15) is 5.10 Å². The number of aromatic nitrogens is 3. The molecule has 9 heteroatoms. The molecule has 1 amide bonds. The Hall–Kier alpha value is -2.42. The highest BCUT2D eigenvalue weighted by Crippen LogP contribution is 2.61. The second kappa shape index (κ2) is 8.98. The molecule has 3 aliphatic carbocycles. The van der Waals surface area contributed by atoms with E-state index in [1.807, 2.05) is 17.0 Å². The van der Waals surface area contributed by atoms with Crippen molar-refractivity contribution >= 4 is 33.2 Å². The number of carbonyl (C=O) groups excluding carboxylic acids is 1. The summed E-state index contributed by atoms with van der Waals surface area (Å²) in [6.07, 6.45) is 7.66. The van der Waals surface area contributed by atoms with Crippen molar-refractivity contribution in [2.24, 2.45) is 23.2 Å². The molecule has 1 N–H and O–H groups in total. The third-order valence-electron chi connectivity index (χ3n) is 8.63. The van der Waals surface area contributed by atoms with Gasteiger partial charge in [-0.1, -0.05) is 20.8 Å². The number of hydrogen-bond donors (Lipinski definition) is 1. The van der Waals surface area contributed by atoms with Crippen molar-refractivity contribution in [1.29, 1.82) is 0 Å². The molecule has 0 radical (unpaired) electrons. The summed E-state index contributed by atoms with van der Waals surface area (Å²) in [5.74, 6) is 1.91. The Labute approximate surface area is 208 Å². The van der Waals surface area contributed by atoms with Gasteiger partial charge in [-0.15, -0.1) is 0 Å².